The van der Waals surface area contributed by atoms with E-state index in [4.69, 9.17) is 21.8 Å². The Balaban J connectivity index is 2.07. The number of oxazole rings is 1. The van der Waals surface area contributed by atoms with E-state index in [1.165, 1.54) is 0 Å². The molecule has 0 spiro atoms. The van der Waals surface area contributed by atoms with E-state index in [1.54, 1.807) is 12.1 Å². The molecular formula is C15H13ClN2O. The molecule has 1 heterocycles. The summed E-state index contributed by atoms with van der Waals surface area (Å²) in [5.74, 6) is 0.596. The zero-order valence-electron chi connectivity index (χ0n) is 10.2. The number of benzene rings is 2. The molecule has 0 bridgehead atoms. The van der Waals surface area contributed by atoms with Gasteiger partial charge >= 0.3 is 0 Å². The van der Waals surface area contributed by atoms with Crippen LogP contribution >= 0.6 is 11.6 Å². The molecule has 0 saturated carbocycles. The summed E-state index contributed by atoms with van der Waals surface area (Å²) in [5.41, 5.74) is 8.45. The molecule has 3 aromatic rings. The standard InChI is InChI=1S/C15H13ClN2O/c16-11-6-7-14-13(8-11)18-15(19-14)12(9-17)10-4-2-1-3-5-10/h1-8,12H,9,17H2. The summed E-state index contributed by atoms with van der Waals surface area (Å²) in [6, 6.07) is 15.4. The van der Waals surface area contributed by atoms with Crippen molar-refractivity contribution in [3.63, 3.8) is 0 Å². The van der Waals surface area contributed by atoms with Gasteiger partial charge in [0.1, 0.15) is 5.52 Å². The topological polar surface area (TPSA) is 52.0 Å². The third-order valence-electron chi connectivity index (χ3n) is 3.10. The van der Waals surface area contributed by atoms with Gasteiger partial charge in [0.2, 0.25) is 5.89 Å². The highest BCUT2D eigenvalue weighted by Gasteiger charge is 2.18. The van der Waals surface area contributed by atoms with E-state index in [0.717, 1.165) is 16.7 Å². The van der Waals surface area contributed by atoms with Crippen molar-refractivity contribution in [3.05, 3.63) is 65.0 Å². The van der Waals surface area contributed by atoms with Gasteiger partial charge in [-0.1, -0.05) is 41.9 Å². The quantitative estimate of drug-likeness (QED) is 0.793. The van der Waals surface area contributed by atoms with Crippen molar-refractivity contribution >= 4 is 22.7 Å². The highest BCUT2D eigenvalue weighted by Crippen LogP contribution is 2.27. The third-order valence-corrected chi connectivity index (χ3v) is 3.34. The van der Waals surface area contributed by atoms with Crippen molar-refractivity contribution in [1.29, 1.82) is 0 Å². The predicted molar refractivity (Wildman–Crippen MR) is 76.4 cm³/mol. The Bertz CT molecular complexity index is 694. The third kappa shape index (κ3) is 2.35. The fourth-order valence-corrected chi connectivity index (χ4v) is 2.30. The molecule has 0 amide bonds. The molecule has 0 radical (unpaired) electrons. The Morgan fingerprint density at radius 1 is 1.16 bits per heavy atom. The number of nitrogens with zero attached hydrogens (tertiary/aromatic N) is 1. The molecule has 1 unspecified atom stereocenters. The first-order valence-electron chi connectivity index (χ1n) is 6.09. The van der Waals surface area contributed by atoms with Crippen LogP contribution in [0.15, 0.2) is 52.9 Å². The van der Waals surface area contributed by atoms with E-state index in [9.17, 15) is 0 Å². The van der Waals surface area contributed by atoms with Crippen LogP contribution in [0, 0.1) is 0 Å². The smallest absolute Gasteiger partial charge is 0.204 e. The molecule has 3 rings (SSSR count). The predicted octanol–water partition coefficient (Wildman–Crippen LogP) is 3.57. The SMILES string of the molecule is NCC(c1ccccc1)c1nc2cc(Cl)ccc2o1. The average Bonchev–Trinajstić information content (AvgIpc) is 2.83. The maximum absolute atomic E-state index is 5.95. The summed E-state index contributed by atoms with van der Waals surface area (Å²) < 4.78 is 5.78. The number of halogens is 1. The van der Waals surface area contributed by atoms with Gasteiger partial charge in [-0.2, -0.15) is 0 Å². The molecular weight excluding hydrogens is 260 g/mol. The first kappa shape index (κ1) is 12.2. The Morgan fingerprint density at radius 2 is 1.95 bits per heavy atom. The summed E-state index contributed by atoms with van der Waals surface area (Å²) >= 11 is 5.95. The molecule has 3 nitrogen and oxygen atoms in total. The van der Waals surface area contributed by atoms with Crippen molar-refractivity contribution in [1.82, 2.24) is 4.98 Å². The molecule has 4 heteroatoms. The molecule has 19 heavy (non-hydrogen) atoms. The normalized spacial score (nSPS) is 12.7. The van der Waals surface area contributed by atoms with E-state index < -0.39 is 0 Å². The lowest BCUT2D eigenvalue weighted by atomic mass is 9.99. The fourth-order valence-electron chi connectivity index (χ4n) is 2.13. The maximum Gasteiger partial charge on any atom is 0.204 e. The van der Waals surface area contributed by atoms with Gasteiger partial charge in [0.15, 0.2) is 5.58 Å². The van der Waals surface area contributed by atoms with Crippen LogP contribution in [0.25, 0.3) is 11.1 Å². The van der Waals surface area contributed by atoms with Crippen LogP contribution in [0.2, 0.25) is 5.02 Å². The number of hydrogen-bond donors (Lipinski definition) is 1. The van der Waals surface area contributed by atoms with Gasteiger partial charge in [-0.3, -0.25) is 0 Å². The molecule has 96 valence electrons. The minimum atomic E-state index is -0.0348. The van der Waals surface area contributed by atoms with Gasteiger partial charge in [0, 0.05) is 11.6 Å². The van der Waals surface area contributed by atoms with Crippen LogP contribution in [0.1, 0.15) is 17.4 Å². The van der Waals surface area contributed by atoms with Gasteiger partial charge in [-0.25, -0.2) is 4.98 Å². The lowest BCUT2D eigenvalue weighted by Gasteiger charge is -2.10. The van der Waals surface area contributed by atoms with Crippen molar-refractivity contribution in [2.24, 2.45) is 5.73 Å². The highest BCUT2D eigenvalue weighted by atomic mass is 35.5. The van der Waals surface area contributed by atoms with Crippen molar-refractivity contribution in [2.75, 3.05) is 6.54 Å². The molecule has 0 fully saturated rings. The van der Waals surface area contributed by atoms with Gasteiger partial charge < -0.3 is 10.2 Å². The monoisotopic (exact) mass is 272 g/mol. The number of nitrogens with two attached hydrogens (primary N) is 1. The van der Waals surface area contributed by atoms with Crippen molar-refractivity contribution in [3.8, 4) is 0 Å². The zero-order valence-corrected chi connectivity index (χ0v) is 11.0. The molecule has 0 aliphatic rings. The average molecular weight is 273 g/mol. The second-order valence-corrected chi connectivity index (χ2v) is 4.80. The van der Waals surface area contributed by atoms with E-state index in [1.807, 2.05) is 36.4 Å². The minimum absolute atomic E-state index is 0.0348. The van der Waals surface area contributed by atoms with Crippen LogP contribution in [0.3, 0.4) is 0 Å². The van der Waals surface area contributed by atoms with Gasteiger partial charge in [0.05, 0.1) is 5.92 Å². The Kier molecular flexibility index (Phi) is 3.23. The van der Waals surface area contributed by atoms with Crippen LogP contribution < -0.4 is 5.73 Å². The minimum Gasteiger partial charge on any atom is -0.440 e. The number of aromatic nitrogens is 1. The molecule has 2 aromatic carbocycles. The molecule has 1 atom stereocenters. The Morgan fingerprint density at radius 3 is 2.68 bits per heavy atom. The molecule has 2 N–H and O–H groups in total. The number of fused-ring (bicyclic) bond motifs is 1. The highest BCUT2D eigenvalue weighted by molar-refractivity contribution is 6.31. The Hall–Kier alpha value is -1.84. The van der Waals surface area contributed by atoms with Crippen molar-refractivity contribution < 1.29 is 4.42 Å². The zero-order chi connectivity index (χ0) is 13.2. The molecule has 0 aliphatic heterocycles. The van der Waals surface area contributed by atoms with Crippen LogP contribution in [0.5, 0.6) is 0 Å². The summed E-state index contributed by atoms with van der Waals surface area (Å²) in [5, 5.41) is 0.649. The lowest BCUT2D eigenvalue weighted by molar-refractivity contribution is 0.502. The molecule has 1 aromatic heterocycles. The largest absolute Gasteiger partial charge is 0.440 e. The van der Waals surface area contributed by atoms with E-state index in [2.05, 4.69) is 4.98 Å². The number of rotatable bonds is 3. The van der Waals surface area contributed by atoms with Gasteiger partial charge in [-0.15, -0.1) is 0 Å². The van der Waals surface area contributed by atoms with Gasteiger partial charge in [0.25, 0.3) is 0 Å². The summed E-state index contributed by atoms with van der Waals surface area (Å²) in [4.78, 5) is 4.49. The summed E-state index contributed by atoms with van der Waals surface area (Å²) in [6.45, 7) is 0.449. The maximum atomic E-state index is 5.95. The fraction of sp³-hybridized carbons (Fsp3) is 0.133. The Labute approximate surface area is 116 Å². The molecule has 0 aliphatic carbocycles. The second-order valence-electron chi connectivity index (χ2n) is 4.36. The van der Waals surface area contributed by atoms with E-state index in [-0.39, 0.29) is 5.92 Å². The van der Waals surface area contributed by atoms with Gasteiger partial charge in [-0.05, 0) is 23.8 Å². The van der Waals surface area contributed by atoms with E-state index >= 15 is 0 Å². The van der Waals surface area contributed by atoms with E-state index in [0.29, 0.717) is 17.5 Å². The first-order chi connectivity index (χ1) is 9.28. The second kappa shape index (κ2) is 5.03. The van der Waals surface area contributed by atoms with Crippen molar-refractivity contribution in [2.45, 2.75) is 5.92 Å². The summed E-state index contributed by atoms with van der Waals surface area (Å²) in [6.07, 6.45) is 0. The molecule has 0 saturated heterocycles. The van der Waals surface area contributed by atoms with Crippen LogP contribution in [-0.2, 0) is 0 Å². The summed E-state index contributed by atoms with van der Waals surface area (Å²) in [7, 11) is 0. The lowest BCUT2D eigenvalue weighted by Crippen LogP contribution is -2.14. The van der Waals surface area contributed by atoms with Crippen LogP contribution in [-0.4, -0.2) is 11.5 Å². The number of hydrogen-bond acceptors (Lipinski definition) is 3. The first-order valence-corrected chi connectivity index (χ1v) is 6.46. The van der Waals surface area contributed by atoms with Crippen LogP contribution in [0.4, 0.5) is 0 Å².